The Morgan fingerprint density at radius 3 is 1.76 bits per heavy atom. The van der Waals surface area contributed by atoms with Gasteiger partial charge in [-0.3, -0.25) is 86.9 Å². The van der Waals surface area contributed by atoms with Gasteiger partial charge in [0.15, 0.2) is 5.96 Å². The number of thioether (sulfide) groups is 1. The van der Waals surface area contributed by atoms with E-state index in [9.17, 15) is 67.4 Å². The Bertz CT molecular complexity index is 3950. The molecule has 1 aliphatic rings. The van der Waals surface area contributed by atoms with E-state index in [1.807, 2.05) is 6.07 Å². The van der Waals surface area contributed by atoms with E-state index in [0.29, 0.717) is 28.7 Å². The molecule has 0 spiro atoms. The number of hydrogen-bond donors (Lipinski definition) is 23. The van der Waals surface area contributed by atoms with Gasteiger partial charge in [-0.1, -0.05) is 54.6 Å². The van der Waals surface area contributed by atoms with Gasteiger partial charge in [0, 0.05) is 64.9 Å². The standard InChI is InChI=1S/C74H112N22O19S/c1-40(97)61-71(113)89-48(15-11-31-84-73(81)82)63(105)87-50(22-24-57(77)100)65(107)93-56(39-116-33-26-52(86-42(3)99)66(108)88-51(67(109)95-61)23-25-58(78)101)69(111)90-53(35-43-17-20-47(21-18-43)115-32-29-76)68(110)91-54(36-44-16-19-45-12-5-6-13-46(45)34-44)70(112)96-74(4,27-8-9-28-75)72(114)94-49(14-7-10-30-83-41(2)98)64(106)92-55(37-59(79)102)62(104)85-38-60(80)103/h5-6,12-13,16-21,34,40,48-56,61,97H,7-11,14-15,22-33,35-39,75-76H2,1-4H3,(H2,77,100)(H2,78,101)(H2,79,102)(H2,80,103)(H,83,98)(H,85,104)(H,86,99)(H,87,105)(H,88,108)(H,89,113)(H,90,111)(H,91,110)(H,92,106)(H,93,107)(H,94,114)(H,95,109)(H,96,112)(H4,81,82,84)/t40-,48+,49+,50+,51+,52+,53+,54+,55+,56+,61+,74+/m1/s1. The summed E-state index contributed by atoms with van der Waals surface area (Å²) in [4.78, 5) is 235. The molecule has 3 aromatic carbocycles. The number of hydrogen-bond acceptors (Lipinski definition) is 23. The molecule has 0 radical (unpaired) electrons. The molecule has 30 N–H and O–H groups in total. The third-order valence-corrected chi connectivity index (χ3v) is 19.3. The summed E-state index contributed by atoms with van der Waals surface area (Å²) in [6.45, 7) is 4.64. The van der Waals surface area contributed by atoms with Crippen molar-refractivity contribution in [2.75, 3.05) is 50.8 Å². The minimum atomic E-state index is -2.01. The van der Waals surface area contributed by atoms with E-state index in [4.69, 9.17) is 50.3 Å². The highest BCUT2D eigenvalue weighted by Crippen LogP contribution is 2.22. The minimum Gasteiger partial charge on any atom is -0.492 e. The number of primary amides is 4. The molecule has 41 nitrogen and oxygen atoms in total. The van der Waals surface area contributed by atoms with E-state index >= 15 is 19.2 Å². The molecule has 1 aliphatic heterocycles. The minimum absolute atomic E-state index is 0.0248. The predicted octanol–water partition coefficient (Wildman–Crippen LogP) is -7.07. The molecule has 0 aliphatic carbocycles. The zero-order chi connectivity index (χ0) is 86.2. The van der Waals surface area contributed by atoms with Crippen LogP contribution in [0.3, 0.4) is 0 Å². The summed E-state index contributed by atoms with van der Waals surface area (Å²) in [6, 6.07) is 1.78. The van der Waals surface area contributed by atoms with Gasteiger partial charge in [0.05, 0.1) is 19.1 Å². The zero-order valence-electron chi connectivity index (χ0n) is 65.4. The average Bonchev–Trinajstić information content (AvgIpc) is 0.816. The number of unbranched alkanes of at least 4 members (excludes halogenated alkanes) is 2. The molecule has 0 saturated carbocycles. The van der Waals surface area contributed by atoms with Gasteiger partial charge >= 0.3 is 0 Å². The summed E-state index contributed by atoms with van der Waals surface area (Å²) in [5.74, 6) is -17.4. The third kappa shape index (κ3) is 35.3. The van der Waals surface area contributed by atoms with E-state index in [2.05, 4.69) is 74.4 Å². The van der Waals surface area contributed by atoms with E-state index in [1.165, 1.54) is 13.8 Å². The van der Waals surface area contributed by atoms with Crippen molar-refractivity contribution in [1.29, 1.82) is 5.41 Å². The summed E-state index contributed by atoms with van der Waals surface area (Å²) in [5.41, 5.74) is 37.7. The summed E-state index contributed by atoms with van der Waals surface area (Å²) < 4.78 is 5.71. The molecule has 0 aromatic heterocycles. The van der Waals surface area contributed by atoms with Crippen LogP contribution in [0.4, 0.5) is 0 Å². The maximum atomic E-state index is 15.7. The molecule has 1 heterocycles. The number of rotatable bonds is 43. The highest BCUT2D eigenvalue weighted by molar-refractivity contribution is 7.99. The molecule has 0 unspecified atom stereocenters. The quantitative estimate of drug-likeness (QED) is 0.0142. The largest absolute Gasteiger partial charge is 0.492 e. The van der Waals surface area contributed by atoms with Crippen LogP contribution in [-0.2, 0) is 94.3 Å². The molecule has 3 aromatic rings. The Morgan fingerprint density at radius 2 is 1.16 bits per heavy atom. The van der Waals surface area contributed by atoms with Crippen molar-refractivity contribution >= 4 is 129 Å². The molecule has 12 atom stereocenters. The van der Waals surface area contributed by atoms with Crippen LogP contribution in [-0.4, -0.2) is 234 Å². The number of aliphatic hydroxyl groups is 1. The van der Waals surface area contributed by atoms with Crippen LogP contribution >= 0.6 is 11.8 Å². The van der Waals surface area contributed by atoms with Crippen LogP contribution in [0.1, 0.15) is 129 Å². The lowest BCUT2D eigenvalue weighted by Gasteiger charge is -2.34. The first-order chi connectivity index (χ1) is 54.9. The molecule has 116 heavy (non-hydrogen) atoms. The van der Waals surface area contributed by atoms with Gasteiger partial charge < -0.3 is 124 Å². The van der Waals surface area contributed by atoms with Gasteiger partial charge in [0.2, 0.25) is 100 Å². The van der Waals surface area contributed by atoms with Crippen molar-refractivity contribution < 1.29 is 91.4 Å². The predicted molar refractivity (Wildman–Crippen MR) is 425 cm³/mol. The lowest BCUT2D eigenvalue weighted by atomic mass is 9.91. The Labute approximate surface area is 674 Å². The second-order valence-corrected chi connectivity index (χ2v) is 29.2. The first-order valence-electron chi connectivity index (χ1n) is 37.8. The number of amides is 17. The fraction of sp³-hybridized carbons (Fsp3) is 0.541. The van der Waals surface area contributed by atoms with Crippen LogP contribution in [0.2, 0.25) is 0 Å². The van der Waals surface area contributed by atoms with E-state index < -0.39 is 217 Å². The topological polar surface area (TPSA) is 694 Å². The van der Waals surface area contributed by atoms with Crippen LogP contribution in [0.15, 0.2) is 66.7 Å². The summed E-state index contributed by atoms with van der Waals surface area (Å²) in [5, 5.41) is 55.7. The Hall–Kier alpha value is -11.8. The zero-order valence-corrected chi connectivity index (χ0v) is 66.2. The Kier molecular flexibility index (Phi) is 41.4. The van der Waals surface area contributed by atoms with Gasteiger partial charge in [0.1, 0.15) is 78.3 Å². The van der Waals surface area contributed by atoms with Gasteiger partial charge in [-0.2, -0.15) is 11.8 Å². The lowest BCUT2D eigenvalue weighted by Crippen LogP contribution is -2.64. The number of benzene rings is 3. The SMILES string of the molecule is CC(=O)NCCCC[C@H](NC(=O)[C@](C)(CCCCN)NC(=O)[C@H](Cc1ccc2ccccc2c1)NC(=O)[C@H](Cc1ccc(OCCN)cc1)NC(=O)[C@@H]1CSCC[C@H](NC(C)=O)C(=O)N[C@@H](CCC(N)=O)C(=O)N[C@@H]([C@@H](C)O)C(=O)N[C@@H](CCCNC(=N)N)C(=O)N[C@@H](CCC(N)=O)C(=O)N1)C(=O)N[C@@H](CC(N)=O)C(=O)NCC(N)=O. The lowest BCUT2D eigenvalue weighted by molar-refractivity contribution is -0.138. The summed E-state index contributed by atoms with van der Waals surface area (Å²) >= 11 is 0.912. The van der Waals surface area contributed by atoms with Crippen molar-refractivity contribution in [2.45, 2.75) is 202 Å². The molecular formula is C74H112N22O19S. The Morgan fingerprint density at radius 1 is 0.578 bits per heavy atom. The highest BCUT2D eigenvalue weighted by atomic mass is 32.2. The number of fused-ring (bicyclic) bond motifs is 1. The van der Waals surface area contributed by atoms with Crippen LogP contribution < -0.4 is 119 Å². The molecule has 0 bridgehead atoms. The second-order valence-electron chi connectivity index (χ2n) is 28.1. The maximum Gasteiger partial charge on any atom is 0.246 e. The van der Waals surface area contributed by atoms with Crippen molar-refractivity contribution in [2.24, 2.45) is 40.1 Å². The number of nitrogens with one attached hydrogen (secondary N) is 15. The van der Waals surface area contributed by atoms with Gasteiger partial charge in [-0.25, -0.2) is 0 Å². The van der Waals surface area contributed by atoms with Gasteiger partial charge in [-0.15, -0.1) is 0 Å². The van der Waals surface area contributed by atoms with Crippen LogP contribution in [0.5, 0.6) is 5.75 Å². The smallest absolute Gasteiger partial charge is 0.246 e. The third-order valence-electron chi connectivity index (χ3n) is 18.2. The highest BCUT2D eigenvalue weighted by Gasteiger charge is 2.42. The maximum absolute atomic E-state index is 15.7. The monoisotopic (exact) mass is 1640 g/mol. The average molecular weight is 1650 g/mol. The van der Waals surface area contributed by atoms with Crippen molar-refractivity contribution in [1.82, 2.24) is 74.4 Å². The molecule has 1 fully saturated rings. The van der Waals surface area contributed by atoms with E-state index in [-0.39, 0.29) is 109 Å². The van der Waals surface area contributed by atoms with E-state index in [0.717, 1.165) is 31.0 Å². The summed E-state index contributed by atoms with van der Waals surface area (Å²) in [6.07, 6.45) is -5.33. The van der Waals surface area contributed by atoms with Crippen molar-refractivity contribution in [3.8, 4) is 5.75 Å². The fourth-order valence-electron chi connectivity index (χ4n) is 12.0. The Balaban J connectivity index is 1.95. The molecular weight excluding hydrogens is 1530 g/mol. The summed E-state index contributed by atoms with van der Waals surface area (Å²) in [7, 11) is 0. The van der Waals surface area contributed by atoms with Crippen LogP contribution in [0, 0.1) is 5.41 Å². The molecule has 17 amide bonds. The van der Waals surface area contributed by atoms with Gasteiger partial charge in [-0.05, 0) is 131 Å². The number of aliphatic hydroxyl groups excluding tert-OH is 1. The number of carbonyl (C=O) groups excluding carboxylic acids is 17. The van der Waals surface area contributed by atoms with Crippen molar-refractivity contribution in [3.63, 3.8) is 0 Å². The second kappa shape index (κ2) is 49.8. The van der Waals surface area contributed by atoms with E-state index in [1.54, 1.807) is 60.7 Å². The molecule has 4 rings (SSSR count). The fourth-order valence-corrected chi connectivity index (χ4v) is 13.0. The number of nitrogens with two attached hydrogens (primary N) is 7. The number of carbonyl (C=O) groups is 17. The van der Waals surface area contributed by atoms with Crippen molar-refractivity contribution in [3.05, 3.63) is 77.9 Å². The molecule has 1 saturated heterocycles. The molecule has 42 heteroatoms. The first kappa shape index (κ1) is 96.6. The van der Waals surface area contributed by atoms with Crippen LogP contribution in [0.25, 0.3) is 10.8 Å². The van der Waals surface area contributed by atoms with Gasteiger partial charge in [0.25, 0.3) is 0 Å². The number of ether oxygens (including phenoxy) is 1. The normalized spacial score (nSPS) is 18.8. The number of guanidine groups is 1. The first-order valence-corrected chi connectivity index (χ1v) is 39.0. The molecule has 638 valence electrons.